The number of halogens is 1. The van der Waals surface area contributed by atoms with E-state index in [9.17, 15) is 10.1 Å². The third-order valence-corrected chi connectivity index (χ3v) is 3.13. The topological polar surface area (TPSA) is 94.1 Å². The van der Waals surface area contributed by atoms with E-state index in [2.05, 4.69) is 10.3 Å². The van der Waals surface area contributed by atoms with Crippen molar-refractivity contribution in [1.82, 2.24) is 4.98 Å². The van der Waals surface area contributed by atoms with Gasteiger partial charge in [-0.15, -0.1) is 0 Å². The van der Waals surface area contributed by atoms with Crippen molar-refractivity contribution < 1.29 is 4.92 Å². The Labute approximate surface area is 103 Å². The molecule has 17 heavy (non-hydrogen) atoms. The quantitative estimate of drug-likeness (QED) is 0.637. The van der Waals surface area contributed by atoms with Gasteiger partial charge in [0.15, 0.2) is 0 Å². The van der Waals surface area contributed by atoms with E-state index in [-0.39, 0.29) is 28.6 Å². The lowest BCUT2D eigenvalue weighted by Crippen LogP contribution is -2.35. The summed E-state index contributed by atoms with van der Waals surface area (Å²) in [6.07, 6.45) is 4.25. The van der Waals surface area contributed by atoms with Crippen molar-refractivity contribution >= 4 is 23.1 Å². The largest absolute Gasteiger partial charge is 0.360 e. The highest BCUT2D eigenvalue weighted by molar-refractivity contribution is 6.30. The zero-order valence-electron chi connectivity index (χ0n) is 9.10. The average molecular weight is 257 g/mol. The van der Waals surface area contributed by atoms with Gasteiger partial charge in [0, 0.05) is 24.3 Å². The molecule has 6 nitrogen and oxygen atoms in total. The van der Waals surface area contributed by atoms with Crippen LogP contribution < -0.4 is 11.1 Å². The monoisotopic (exact) mass is 256 g/mol. The molecule has 92 valence electrons. The van der Waals surface area contributed by atoms with Crippen LogP contribution in [-0.2, 0) is 0 Å². The van der Waals surface area contributed by atoms with Gasteiger partial charge >= 0.3 is 5.69 Å². The van der Waals surface area contributed by atoms with Crippen molar-refractivity contribution in [2.24, 2.45) is 5.73 Å². The number of nitrogens with zero attached hydrogens (tertiary/aromatic N) is 2. The van der Waals surface area contributed by atoms with Gasteiger partial charge in [0.25, 0.3) is 0 Å². The Bertz CT molecular complexity index is 440. The highest BCUT2D eigenvalue weighted by atomic mass is 35.5. The van der Waals surface area contributed by atoms with Crippen molar-refractivity contribution in [1.29, 1.82) is 0 Å². The summed E-state index contributed by atoms with van der Waals surface area (Å²) in [7, 11) is 0. The minimum atomic E-state index is -0.498. The first kappa shape index (κ1) is 12.1. The Morgan fingerprint density at radius 1 is 1.59 bits per heavy atom. The molecule has 0 aliphatic heterocycles. The molecule has 0 amide bonds. The Kier molecular flexibility index (Phi) is 3.44. The van der Waals surface area contributed by atoms with Gasteiger partial charge < -0.3 is 11.1 Å². The van der Waals surface area contributed by atoms with Crippen molar-refractivity contribution in [3.63, 3.8) is 0 Å². The Morgan fingerprint density at radius 3 is 2.94 bits per heavy atom. The number of rotatable bonds is 3. The highest BCUT2D eigenvalue weighted by Crippen LogP contribution is 2.28. The van der Waals surface area contributed by atoms with Crippen molar-refractivity contribution in [2.75, 3.05) is 5.32 Å². The van der Waals surface area contributed by atoms with Gasteiger partial charge in [-0.05, 0) is 19.3 Å². The molecule has 3 N–H and O–H groups in total. The molecule has 1 aromatic rings. The highest BCUT2D eigenvalue weighted by Gasteiger charge is 2.26. The first-order valence-electron chi connectivity index (χ1n) is 5.40. The van der Waals surface area contributed by atoms with E-state index < -0.39 is 4.92 Å². The lowest BCUT2D eigenvalue weighted by atomic mass is 10.2. The smallest absolute Gasteiger partial charge is 0.312 e. The molecular formula is C10H13ClN4O2. The van der Waals surface area contributed by atoms with Crippen LogP contribution in [0.5, 0.6) is 0 Å². The molecule has 1 fully saturated rings. The maximum atomic E-state index is 10.9. The second-order valence-corrected chi connectivity index (χ2v) is 4.56. The first-order valence-corrected chi connectivity index (χ1v) is 5.78. The van der Waals surface area contributed by atoms with Crippen molar-refractivity contribution in [3.8, 4) is 0 Å². The van der Waals surface area contributed by atoms with Crippen molar-refractivity contribution in [3.05, 3.63) is 27.4 Å². The second kappa shape index (κ2) is 4.85. The van der Waals surface area contributed by atoms with E-state index >= 15 is 0 Å². The van der Waals surface area contributed by atoms with Gasteiger partial charge in [0.05, 0.1) is 9.95 Å². The number of hydrogen-bond donors (Lipinski definition) is 2. The zero-order chi connectivity index (χ0) is 12.4. The summed E-state index contributed by atoms with van der Waals surface area (Å²) in [6, 6.07) is 1.35. The second-order valence-electron chi connectivity index (χ2n) is 4.12. The number of anilines is 1. The molecular weight excluding hydrogens is 244 g/mol. The predicted octanol–water partition coefficient (Wildman–Crippen LogP) is 1.93. The summed E-state index contributed by atoms with van der Waals surface area (Å²) in [4.78, 5) is 14.3. The zero-order valence-corrected chi connectivity index (χ0v) is 9.85. The molecule has 1 aliphatic rings. The van der Waals surface area contributed by atoms with Gasteiger partial charge in [-0.25, -0.2) is 4.98 Å². The Hall–Kier alpha value is -1.40. The summed E-state index contributed by atoms with van der Waals surface area (Å²) in [5.74, 6) is 0.238. The van der Waals surface area contributed by atoms with Crippen LogP contribution in [0.15, 0.2) is 12.3 Å². The molecule has 1 heterocycles. The fourth-order valence-corrected chi connectivity index (χ4v) is 2.17. The molecule has 0 aromatic carbocycles. The predicted molar refractivity (Wildman–Crippen MR) is 65.1 cm³/mol. The SMILES string of the molecule is NC1CCCC1Nc1ncc(Cl)cc1[N+](=O)[O-]. The number of nitro groups is 1. The van der Waals surface area contributed by atoms with Gasteiger partial charge in [0.2, 0.25) is 5.82 Å². The van der Waals surface area contributed by atoms with Crippen LogP contribution >= 0.6 is 11.6 Å². The number of pyridine rings is 1. The van der Waals surface area contributed by atoms with Crippen LogP contribution in [0.25, 0.3) is 0 Å². The van der Waals surface area contributed by atoms with E-state index in [0.29, 0.717) is 0 Å². The van der Waals surface area contributed by atoms with Crippen molar-refractivity contribution in [2.45, 2.75) is 31.3 Å². The molecule has 0 radical (unpaired) electrons. The molecule has 0 bridgehead atoms. The van der Waals surface area contributed by atoms with E-state index in [0.717, 1.165) is 19.3 Å². The number of aromatic nitrogens is 1. The Balaban J connectivity index is 2.22. The molecule has 2 unspecified atom stereocenters. The molecule has 1 aromatic heterocycles. The summed E-state index contributed by atoms with van der Waals surface area (Å²) < 4.78 is 0. The fraction of sp³-hybridized carbons (Fsp3) is 0.500. The molecule has 7 heteroatoms. The Morgan fingerprint density at radius 2 is 2.35 bits per heavy atom. The van der Waals surface area contributed by atoms with E-state index in [4.69, 9.17) is 17.3 Å². The normalized spacial score (nSPS) is 23.6. The van der Waals surface area contributed by atoms with Gasteiger partial charge in [-0.2, -0.15) is 0 Å². The third kappa shape index (κ3) is 2.65. The number of hydrogen-bond acceptors (Lipinski definition) is 5. The van der Waals surface area contributed by atoms with E-state index in [1.165, 1.54) is 12.3 Å². The van der Waals surface area contributed by atoms with Crippen LogP contribution in [0, 0.1) is 10.1 Å². The van der Waals surface area contributed by atoms with Crippen LogP contribution in [0.3, 0.4) is 0 Å². The maximum Gasteiger partial charge on any atom is 0.312 e. The van der Waals surface area contributed by atoms with E-state index in [1.807, 2.05) is 0 Å². The number of nitrogens with one attached hydrogen (secondary N) is 1. The summed E-state index contributed by atoms with van der Waals surface area (Å²) in [5.41, 5.74) is 5.78. The van der Waals surface area contributed by atoms with Gasteiger partial charge in [0.1, 0.15) is 0 Å². The van der Waals surface area contributed by atoms with Crippen LogP contribution in [0.2, 0.25) is 5.02 Å². The fourth-order valence-electron chi connectivity index (χ4n) is 2.02. The van der Waals surface area contributed by atoms with E-state index in [1.54, 1.807) is 0 Å². The van der Waals surface area contributed by atoms with Gasteiger partial charge in [-0.1, -0.05) is 11.6 Å². The maximum absolute atomic E-state index is 10.9. The summed E-state index contributed by atoms with van der Waals surface area (Å²) in [5, 5.41) is 14.1. The molecule has 2 rings (SSSR count). The molecule has 1 saturated carbocycles. The summed E-state index contributed by atoms with van der Waals surface area (Å²) in [6.45, 7) is 0. The third-order valence-electron chi connectivity index (χ3n) is 2.92. The first-order chi connectivity index (χ1) is 8.08. The van der Waals surface area contributed by atoms with Crippen LogP contribution in [0.4, 0.5) is 11.5 Å². The molecule has 1 aliphatic carbocycles. The minimum absolute atomic E-state index is 0.0204. The molecule has 2 atom stereocenters. The van der Waals surface area contributed by atoms with Gasteiger partial charge in [-0.3, -0.25) is 10.1 Å². The lowest BCUT2D eigenvalue weighted by Gasteiger charge is -2.17. The van der Waals surface area contributed by atoms with Crippen LogP contribution in [0.1, 0.15) is 19.3 Å². The minimum Gasteiger partial charge on any atom is -0.360 e. The molecule has 0 saturated heterocycles. The summed E-state index contributed by atoms with van der Waals surface area (Å²) >= 11 is 5.69. The lowest BCUT2D eigenvalue weighted by molar-refractivity contribution is -0.384. The average Bonchev–Trinajstić information content (AvgIpc) is 2.67. The molecule has 0 spiro atoms. The number of nitrogens with two attached hydrogens (primary N) is 1. The standard InChI is InChI=1S/C10H13ClN4O2/c11-6-4-9(15(16)17)10(13-5-6)14-8-3-1-2-7(8)12/h4-5,7-8H,1-3,12H2,(H,13,14). The van der Waals surface area contributed by atoms with Crippen LogP contribution in [-0.4, -0.2) is 22.0 Å².